The van der Waals surface area contributed by atoms with Crippen molar-refractivity contribution in [3.63, 3.8) is 0 Å². The third kappa shape index (κ3) is 8.85. The summed E-state index contributed by atoms with van der Waals surface area (Å²) in [6.07, 6.45) is 5.19. The fourth-order valence-electron chi connectivity index (χ4n) is 0.656. The number of hydrogen-bond acceptors (Lipinski definition) is 3. The highest BCUT2D eigenvalue weighted by atomic mass is 32.2. The van der Waals surface area contributed by atoms with Crippen molar-refractivity contribution in [2.45, 2.75) is 12.8 Å². The van der Waals surface area contributed by atoms with Gasteiger partial charge in [0.1, 0.15) is 0 Å². The predicted octanol–water partition coefficient (Wildman–Crippen LogP) is -1.20. The molecule has 0 aromatic rings. The number of nitrogens with two attached hydrogens (primary N) is 1. The Labute approximate surface area is 77.7 Å². The molecule has 1 amide bonds. The van der Waals surface area contributed by atoms with Crippen LogP contribution in [0.2, 0.25) is 0 Å². The first-order chi connectivity index (χ1) is 5.95. The zero-order chi connectivity index (χ0) is 10.3. The van der Waals surface area contributed by atoms with E-state index in [-0.39, 0.29) is 24.6 Å². The van der Waals surface area contributed by atoms with Gasteiger partial charge in [-0.15, -0.1) is 6.42 Å². The molecule has 0 radical (unpaired) electrons. The first-order valence-electron chi connectivity index (χ1n) is 3.66. The second-order valence-electron chi connectivity index (χ2n) is 2.45. The van der Waals surface area contributed by atoms with Gasteiger partial charge in [-0.25, -0.2) is 13.6 Å². The molecule has 0 aliphatic carbocycles. The van der Waals surface area contributed by atoms with Crippen molar-refractivity contribution in [3.05, 3.63) is 0 Å². The number of nitrogens with one attached hydrogen (secondary N) is 1. The molecule has 74 valence electrons. The zero-order valence-corrected chi connectivity index (χ0v) is 7.93. The molecule has 0 atom stereocenters. The van der Waals surface area contributed by atoms with Crippen LogP contribution in [0.1, 0.15) is 12.8 Å². The van der Waals surface area contributed by atoms with Gasteiger partial charge in [0.15, 0.2) is 0 Å². The molecule has 5 nitrogen and oxygen atoms in total. The molecule has 0 aliphatic heterocycles. The Morgan fingerprint density at radius 3 is 2.62 bits per heavy atom. The van der Waals surface area contributed by atoms with Crippen molar-refractivity contribution in [2.75, 3.05) is 12.3 Å². The predicted molar refractivity (Wildman–Crippen MR) is 49.1 cm³/mol. The maximum absolute atomic E-state index is 10.7. The number of terminal acetylenes is 1. The highest BCUT2D eigenvalue weighted by Crippen LogP contribution is 1.84. The lowest BCUT2D eigenvalue weighted by molar-refractivity contribution is -0.120. The van der Waals surface area contributed by atoms with Gasteiger partial charge in [-0.2, -0.15) is 0 Å². The average molecular weight is 204 g/mol. The molecule has 0 bridgehead atoms. The number of carbonyl (C=O) groups is 1. The van der Waals surface area contributed by atoms with E-state index < -0.39 is 10.0 Å². The van der Waals surface area contributed by atoms with Crippen molar-refractivity contribution < 1.29 is 13.2 Å². The summed E-state index contributed by atoms with van der Waals surface area (Å²) in [7, 11) is -3.43. The maximum atomic E-state index is 10.7. The molecule has 0 heterocycles. The van der Waals surface area contributed by atoms with Crippen molar-refractivity contribution in [3.8, 4) is 12.3 Å². The zero-order valence-electron chi connectivity index (χ0n) is 7.12. The largest absolute Gasteiger partial charge is 0.355 e. The molecule has 0 saturated heterocycles. The van der Waals surface area contributed by atoms with Gasteiger partial charge in [0.25, 0.3) is 0 Å². The molecule has 0 aliphatic rings. The summed E-state index contributed by atoms with van der Waals surface area (Å²) < 4.78 is 20.9. The molecule has 0 fully saturated rings. The van der Waals surface area contributed by atoms with E-state index in [1.54, 1.807) is 0 Å². The van der Waals surface area contributed by atoms with E-state index in [0.717, 1.165) is 0 Å². The van der Waals surface area contributed by atoms with Crippen LogP contribution in [0.3, 0.4) is 0 Å². The van der Waals surface area contributed by atoms with Gasteiger partial charge in [0.2, 0.25) is 15.9 Å². The van der Waals surface area contributed by atoms with E-state index in [1.807, 2.05) is 0 Å². The Balaban J connectivity index is 3.48. The third-order valence-electron chi connectivity index (χ3n) is 1.19. The first kappa shape index (κ1) is 11.9. The van der Waals surface area contributed by atoms with Crippen LogP contribution >= 0.6 is 0 Å². The van der Waals surface area contributed by atoms with Gasteiger partial charge in [0, 0.05) is 6.54 Å². The van der Waals surface area contributed by atoms with E-state index in [1.165, 1.54) is 0 Å². The van der Waals surface area contributed by atoms with Crippen molar-refractivity contribution >= 4 is 15.9 Å². The molecule has 3 N–H and O–H groups in total. The molecule has 13 heavy (non-hydrogen) atoms. The molecule has 0 spiro atoms. The summed E-state index contributed by atoms with van der Waals surface area (Å²) in [6.45, 7) is 0.275. The van der Waals surface area contributed by atoms with Gasteiger partial charge >= 0.3 is 0 Å². The number of hydrogen-bond donors (Lipinski definition) is 2. The molecule has 0 aromatic carbocycles. The van der Waals surface area contributed by atoms with Crippen molar-refractivity contribution in [1.29, 1.82) is 0 Å². The Morgan fingerprint density at radius 2 is 2.15 bits per heavy atom. The lowest BCUT2D eigenvalue weighted by Gasteiger charge is -2.01. The highest BCUT2D eigenvalue weighted by Gasteiger charge is 2.02. The fourth-order valence-corrected chi connectivity index (χ4v) is 1.20. The third-order valence-corrected chi connectivity index (χ3v) is 2.05. The monoisotopic (exact) mass is 204 g/mol. The molecule has 6 heteroatoms. The van der Waals surface area contributed by atoms with Crippen molar-refractivity contribution in [2.24, 2.45) is 5.14 Å². The number of primary sulfonamides is 1. The fraction of sp³-hybridized carbons (Fsp3) is 0.571. The van der Waals surface area contributed by atoms with Crippen LogP contribution in [0, 0.1) is 12.3 Å². The van der Waals surface area contributed by atoms with E-state index in [2.05, 4.69) is 11.2 Å². The highest BCUT2D eigenvalue weighted by molar-refractivity contribution is 7.89. The van der Waals surface area contributed by atoms with E-state index in [4.69, 9.17) is 11.6 Å². The van der Waals surface area contributed by atoms with Crippen LogP contribution in [-0.2, 0) is 14.8 Å². The molecule has 0 rings (SSSR count). The van der Waals surface area contributed by atoms with Gasteiger partial charge in [0.05, 0.1) is 12.2 Å². The lowest BCUT2D eigenvalue weighted by atomic mass is 10.4. The Kier molecular flexibility index (Phi) is 5.11. The molecule has 0 aromatic heterocycles. The van der Waals surface area contributed by atoms with Gasteiger partial charge in [-0.05, 0) is 6.42 Å². The number of amides is 1. The standard InChI is InChI=1S/C7H12N2O3S/c1-2-4-7(10)9-5-3-6-13(8,11)12/h1H,3-6H2,(H,9,10)(H2,8,11,12). The number of sulfonamides is 1. The minimum Gasteiger partial charge on any atom is -0.355 e. The maximum Gasteiger partial charge on any atom is 0.232 e. The topological polar surface area (TPSA) is 89.3 Å². The van der Waals surface area contributed by atoms with Crippen LogP contribution in [0.15, 0.2) is 0 Å². The summed E-state index contributed by atoms with van der Waals surface area (Å²) in [6, 6.07) is 0. The second kappa shape index (κ2) is 5.56. The van der Waals surface area contributed by atoms with Crippen LogP contribution < -0.4 is 10.5 Å². The summed E-state index contributed by atoms with van der Waals surface area (Å²) >= 11 is 0. The minimum absolute atomic E-state index is 0.00930. The smallest absolute Gasteiger partial charge is 0.232 e. The molecular weight excluding hydrogens is 192 g/mol. The quantitative estimate of drug-likeness (QED) is 0.435. The van der Waals surface area contributed by atoms with Gasteiger partial charge in [-0.3, -0.25) is 4.79 Å². The van der Waals surface area contributed by atoms with Crippen LogP contribution in [0.5, 0.6) is 0 Å². The minimum atomic E-state index is -3.43. The first-order valence-corrected chi connectivity index (χ1v) is 5.38. The van der Waals surface area contributed by atoms with E-state index in [9.17, 15) is 13.2 Å². The van der Waals surface area contributed by atoms with Gasteiger partial charge in [-0.1, -0.05) is 5.92 Å². The van der Waals surface area contributed by atoms with E-state index in [0.29, 0.717) is 6.42 Å². The van der Waals surface area contributed by atoms with E-state index >= 15 is 0 Å². The summed E-state index contributed by atoms with van der Waals surface area (Å²) in [4.78, 5) is 10.7. The number of rotatable bonds is 5. The van der Waals surface area contributed by atoms with Gasteiger partial charge < -0.3 is 5.32 Å². The Hall–Kier alpha value is -1.06. The Morgan fingerprint density at radius 1 is 1.54 bits per heavy atom. The van der Waals surface area contributed by atoms with Crippen LogP contribution in [0.25, 0.3) is 0 Å². The summed E-state index contributed by atoms with van der Waals surface area (Å²) in [5.74, 6) is 1.75. The SMILES string of the molecule is C#CCC(=O)NCCCS(N)(=O)=O. The van der Waals surface area contributed by atoms with Crippen molar-refractivity contribution in [1.82, 2.24) is 5.32 Å². The van der Waals surface area contributed by atoms with Crippen LogP contribution in [-0.4, -0.2) is 26.6 Å². The average Bonchev–Trinajstić information content (AvgIpc) is 1.97. The normalized spacial score (nSPS) is 10.5. The summed E-state index contributed by atoms with van der Waals surface area (Å²) in [5, 5.41) is 7.19. The summed E-state index contributed by atoms with van der Waals surface area (Å²) in [5.41, 5.74) is 0. The number of carbonyl (C=O) groups excluding carboxylic acids is 1. The molecule has 0 saturated carbocycles. The lowest BCUT2D eigenvalue weighted by Crippen LogP contribution is -2.26. The van der Waals surface area contributed by atoms with Crippen LogP contribution in [0.4, 0.5) is 0 Å². The molecule has 0 unspecified atom stereocenters. The molecular formula is C7H12N2O3S. The second-order valence-corrected chi connectivity index (χ2v) is 4.19. The Bertz CT molecular complexity index is 302.